The Morgan fingerprint density at radius 1 is 0.980 bits per heavy atom. The molecular formula is C39H47F4N3O5. The van der Waals surface area contributed by atoms with Crippen LogP contribution < -0.4 is 15.6 Å². The number of benzene rings is 2. The van der Waals surface area contributed by atoms with Crippen LogP contribution in [0.1, 0.15) is 108 Å². The number of fused-ring (bicyclic) bond motifs is 4. The molecule has 2 aromatic carbocycles. The highest BCUT2D eigenvalue weighted by atomic mass is 19.4. The lowest BCUT2D eigenvalue weighted by Gasteiger charge is -2.27. The minimum absolute atomic E-state index is 0.00832. The Morgan fingerprint density at radius 3 is 2.31 bits per heavy atom. The van der Waals surface area contributed by atoms with E-state index in [1.165, 1.54) is 0 Å². The monoisotopic (exact) mass is 713 g/mol. The summed E-state index contributed by atoms with van der Waals surface area (Å²) >= 11 is 0. The van der Waals surface area contributed by atoms with Crippen molar-refractivity contribution < 1.29 is 37.0 Å². The fraction of sp³-hybridized carbons (Fsp3) is 0.513. The Morgan fingerprint density at radius 2 is 1.67 bits per heavy atom. The van der Waals surface area contributed by atoms with Crippen LogP contribution in [-0.2, 0) is 22.2 Å². The molecule has 2 N–H and O–H groups in total. The van der Waals surface area contributed by atoms with Gasteiger partial charge in [0.15, 0.2) is 0 Å². The number of nitrogens with one attached hydrogen (secondary N) is 1. The molecule has 1 aromatic heterocycles. The molecule has 0 unspecified atom stereocenters. The number of amides is 1. The van der Waals surface area contributed by atoms with Gasteiger partial charge in [0.2, 0.25) is 5.91 Å². The van der Waals surface area contributed by atoms with E-state index >= 15 is 4.39 Å². The molecule has 3 aromatic rings. The number of pyridine rings is 1. The maximum absolute atomic E-state index is 16.5. The minimum Gasteiger partial charge on any atom is -0.493 e. The number of carbonyl (C=O) groups excluding carboxylic acids is 1. The summed E-state index contributed by atoms with van der Waals surface area (Å²) in [7, 11) is 3.44. The summed E-state index contributed by atoms with van der Waals surface area (Å²) in [5.41, 5.74) is 2.52. The molecule has 2 bridgehead atoms. The van der Waals surface area contributed by atoms with Gasteiger partial charge in [-0.2, -0.15) is 13.2 Å². The Balaban J connectivity index is 1.67. The van der Waals surface area contributed by atoms with Gasteiger partial charge < -0.3 is 24.6 Å². The van der Waals surface area contributed by atoms with Crippen molar-refractivity contribution in [3.8, 4) is 16.9 Å². The molecule has 1 saturated carbocycles. The molecule has 0 saturated heterocycles. The zero-order valence-electron chi connectivity index (χ0n) is 29.9. The molecule has 5 rings (SSSR count). The summed E-state index contributed by atoms with van der Waals surface area (Å²) in [5, 5.41) is 12.7. The molecular weight excluding hydrogens is 666 g/mol. The van der Waals surface area contributed by atoms with Gasteiger partial charge in [-0.15, -0.1) is 0 Å². The van der Waals surface area contributed by atoms with E-state index in [1.807, 2.05) is 26.8 Å². The maximum atomic E-state index is 16.5. The van der Waals surface area contributed by atoms with E-state index < -0.39 is 53.5 Å². The second-order valence-electron chi connectivity index (χ2n) is 14.3. The van der Waals surface area contributed by atoms with Crippen LogP contribution in [0.2, 0.25) is 0 Å². The number of rotatable bonds is 7. The summed E-state index contributed by atoms with van der Waals surface area (Å²) in [6, 6.07) is 3.33. The van der Waals surface area contributed by atoms with Crippen LogP contribution in [0.5, 0.6) is 5.75 Å². The lowest BCUT2D eigenvalue weighted by Crippen LogP contribution is -2.40. The van der Waals surface area contributed by atoms with Crippen LogP contribution in [-0.4, -0.2) is 53.7 Å². The van der Waals surface area contributed by atoms with Gasteiger partial charge in [0.25, 0.3) is 5.56 Å². The first-order valence-electron chi connectivity index (χ1n) is 17.6. The number of aromatic nitrogens is 1. The molecule has 8 nitrogen and oxygen atoms in total. The molecule has 1 fully saturated rings. The number of nitrogens with zero attached hydrogens (tertiary/aromatic N) is 2. The molecule has 12 heteroatoms. The number of aliphatic carboxylic acids is 1. The number of likely N-dealkylation sites (N-methyl/N-ethyl adjacent to an activating group) is 1. The number of hydrogen-bond acceptors (Lipinski definition) is 5. The molecule has 1 amide bonds. The van der Waals surface area contributed by atoms with Gasteiger partial charge in [-0.3, -0.25) is 14.4 Å². The number of alkyl halides is 3. The Labute approximate surface area is 295 Å². The van der Waals surface area contributed by atoms with Crippen molar-refractivity contribution in [3.05, 3.63) is 85.6 Å². The third-order valence-electron chi connectivity index (χ3n) is 10.0. The quantitative estimate of drug-likeness (QED) is 0.243. The van der Waals surface area contributed by atoms with Crippen LogP contribution in [0, 0.1) is 26.6 Å². The van der Waals surface area contributed by atoms with Crippen molar-refractivity contribution in [1.82, 2.24) is 14.8 Å². The third-order valence-corrected chi connectivity index (χ3v) is 10.0. The largest absolute Gasteiger partial charge is 0.493 e. The van der Waals surface area contributed by atoms with Gasteiger partial charge in [-0.25, -0.2) is 4.39 Å². The Bertz CT molecular complexity index is 1850. The molecule has 0 radical (unpaired) electrons. The van der Waals surface area contributed by atoms with Gasteiger partial charge in [0.1, 0.15) is 17.6 Å². The zero-order valence-corrected chi connectivity index (χ0v) is 29.9. The summed E-state index contributed by atoms with van der Waals surface area (Å²) in [6.07, 6.45) is -0.217. The molecule has 1 aliphatic carbocycles. The lowest BCUT2D eigenvalue weighted by molar-refractivity contribution is -0.139. The van der Waals surface area contributed by atoms with Crippen molar-refractivity contribution in [1.29, 1.82) is 0 Å². The summed E-state index contributed by atoms with van der Waals surface area (Å²) < 4.78 is 66.2. The van der Waals surface area contributed by atoms with E-state index in [4.69, 9.17) is 4.74 Å². The number of halogens is 4. The van der Waals surface area contributed by atoms with E-state index in [0.717, 1.165) is 52.3 Å². The van der Waals surface area contributed by atoms with Gasteiger partial charge in [0.05, 0.1) is 24.6 Å². The molecule has 2 aliphatic rings. The van der Waals surface area contributed by atoms with Crippen LogP contribution in [0.4, 0.5) is 17.6 Å². The van der Waals surface area contributed by atoms with Crippen LogP contribution in [0.25, 0.3) is 11.1 Å². The average molecular weight is 714 g/mol. The predicted molar refractivity (Wildman–Crippen MR) is 187 cm³/mol. The minimum atomic E-state index is -4.78. The normalized spacial score (nSPS) is 19.0. The van der Waals surface area contributed by atoms with Crippen LogP contribution in [0.15, 0.2) is 35.3 Å². The standard InChI is InChI=1S/C39H47F4N3O5/c1-22-16-23(2)35-27-17-28(25-11-12-25)36(40)29(18-27)31(20-34(48)49)44-38(50)32(10-8-6-7-9-15-51-37(35)24(22)3)46-21-26(13-14-45(4)5)30(19-33(46)47)39(41,42)43/h16-19,21,25,31-32H,6-15,20H2,1-5H3,(H,44,50)(H,48,49)/t31-,32-/m0/s1. The van der Waals surface area contributed by atoms with E-state index in [-0.39, 0.29) is 36.4 Å². The van der Waals surface area contributed by atoms with Crippen LogP contribution >= 0.6 is 0 Å². The van der Waals surface area contributed by atoms with Gasteiger partial charge in [-0.1, -0.05) is 25.3 Å². The number of carboxylic acid groups (broad SMARTS) is 1. The molecule has 2 atom stereocenters. The van der Waals surface area contributed by atoms with E-state index in [2.05, 4.69) is 5.32 Å². The summed E-state index contributed by atoms with van der Waals surface area (Å²) in [6.45, 7) is 6.59. The average Bonchev–Trinajstić information content (AvgIpc) is 3.88. The fourth-order valence-electron chi connectivity index (χ4n) is 7.04. The summed E-state index contributed by atoms with van der Waals surface area (Å²) in [4.78, 5) is 41.6. The Kier molecular flexibility index (Phi) is 11.6. The van der Waals surface area contributed by atoms with Gasteiger partial charge in [0, 0.05) is 29.9 Å². The first kappa shape index (κ1) is 38.1. The number of aryl methyl sites for hydroxylation is 2. The number of carbonyl (C=O) groups is 2. The smallest absolute Gasteiger partial charge is 0.416 e. The fourth-order valence-corrected chi connectivity index (χ4v) is 7.04. The first-order chi connectivity index (χ1) is 24.1. The van der Waals surface area contributed by atoms with Crippen molar-refractivity contribution in [3.63, 3.8) is 0 Å². The highest BCUT2D eigenvalue weighted by Gasteiger charge is 2.37. The Hall–Kier alpha value is -4.19. The second-order valence-corrected chi connectivity index (χ2v) is 14.3. The van der Waals surface area contributed by atoms with Crippen LogP contribution in [0.3, 0.4) is 0 Å². The molecule has 51 heavy (non-hydrogen) atoms. The number of ether oxygens (including phenoxy) is 1. The van der Waals surface area contributed by atoms with Gasteiger partial charge in [-0.05, 0) is 118 Å². The third kappa shape index (κ3) is 8.83. The molecule has 1 aliphatic heterocycles. The van der Waals surface area contributed by atoms with Gasteiger partial charge >= 0.3 is 12.1 Å². The highest BCUT2D eigenvalue weighted by molar-refractivity contribution is 5.82. The van der Waals surface area contributed by atoms with E-state index in [1.54, 1.807) is 31.1 Å². The summed E-state index contributed by atoms with van der Waals surface area (Å²) in [5.74, 6) is -2.03. The number of hydrogen-bond donors (Lipinski definition) is 2. The van der Waals surface area contributed by atoms with Crippen molar-refractivity contribution in [2.45, 2.75) is 103 Å². The highest BCUT2D eigenvalue weighted by Crippen LogP contribution is 2.47. The molecule has 0 spiro atoms. The van der Waals surface area contributed by atoms with Crippen molar-refractivity contribution in [2.24, 2.45) is 0 Å². The van der Waals surface area contributed by atoms with E-state index in [0.29, 0.717) is 48.8 Å². The van der Waals surface area contributed by atoms with E-state index in [9.17, 15) is 32.7 Å². The first-order valence-corrected chi connectivity index (χ1v) is 17.6. The zero-order chi connectivity index (χ0) is 37.2. The molecule has 2 heterocycles. The SMILES string of the molecule is Cc1cc(C)c2c(c1C)OCCCCCC[C@H](n1cc(CCN(C)C)c(C(F)(F)F)cc1=O)C(=O)N[C@@H](CC(=O)O)c1cc-2cc(C2CC2)c1F. The number of carboxylic acids is 1. The molecule has 276 valence electrons. The van der Waals surface area contributed by atoms with Crippen molar-refractivity contribution >= 4 is 11.9 Å². The predicted octanol–water partition coefficient (Wildman–Crippen LogP) is 7.80. The maximum Gasteiger partial charge on any atom is 0.416 e. The van der Waals surface area contributed by atoms with Crippen molar-refractivity contribution in [2.75, 3.05) is 27.2 Å². The second kappa shape index (κ2) is 15.6. The lowest BCUT2D eigenvalue weighted by atomic mass is 9.88. The topological polar surface area (TPSA) is 101 Å².